The first-order chi connectivity index (χ1) is 8.04. The molecule has 1 aliphatic heterocycles. The Hall–Kier alpha value is -0.610. The lowest BCUT2D eigenvalue weighted by Gasteiger charge is -2.36. The van der Waals surface area contributed by atoms with Crippen molar-refractivity contribution in [3.63, 3.8) is 0 Å². The molecule has 0 aromatic rings. The summed E-state index contributed by atoms with van der Waals surface area (Å²) in [6.07, 6.45) is 2.49. The van der Waals surface area contributed by atoms with Crippen molar-refractivity contribution < 1.29 is 4.79 Å². The van der Waals surface area contributed by atoms with E-state index in [1.54, 1.807) is 4.90 Å². The Morgan fingerprint density at radius 2 is 2.24 bits per heavy atom. The van der Waals surface area contributed by atoms with E-state index in [2.05, 4.69) is 24.1 Å². The Balaban J connectivity index is 2.40. The molecule has 1 fully saturated rings. The minimum Gasteiger partial charge on any atom is -0.348 e. The summed E-state index contributed by atoms with van der Waals surface area (Å²) in [7, 11) is 3.65. The topological polar surface area (TPSA) is 35.6 Å². The van der Waals surface area contributed by atoms with Crippen molar-refractivity contribution in [1.82, 2.24) is 15.1 Å². The van der Waals surface area contributed by atoms with Gasteiger partial charge in [-0.15, -0.1) is 0 Å². The maximum absolute atomic E-state index is 11.7. The van der Waals surface area contributed by atoms with Gasteiger partial charge >= 0.3 is 0 Å². The average molecular weight is 241 g/mol. The number of nitrogens with zero attached hydrogens (tertiary/aromatic N) is 2. The van der Waals surface area contributed by atoms with Crippen molar-refractivity contribution in [2.24, 2.45) is 5.92 Å². The number of likely N-dealkylation sites (N-methyl/N-ethyl adjacent to an activating group) is 1. The fraction of sp³-hybridized carbons (Fsp3) is 0.923. The molecule has 0 aromatic carbocycles. The van der Waals surface area contributed by atoms with Gasteiger partial charge in [0.25, 0.3) is 0 Å². The number of rotatable bonds is 5. The van der Waals surface area contributed by atoms with Crippen molar-refractivity contribution in [3.05, 3.63) is 0 Å². The van der Waals surface area contributed by atoms with E-state index in [0.29, 0.717) is 18.5 Å². The van der Waals surface area contributed by atoms with E-state index in [1.807, 2.05) is 14.1 Å². The van der Waals surface area contributed by atoms with Crippen molar-refractivity contribution in [2.45, 2.75) is 32.7 Å². The summed E-state index contributed by atoms with van der Waals surface area (Å²) >= 11 is 0. The summed E-state index contributed by atoms with van der Waals surface area (Å²) in [4.78, 5) is 15.7. The smallest absolute Gasteiger partial charge is 0.236 e. The van der Waals surface area contributed by atoms with E-state index in [1.165, 1.54) is 12.8 Å². The monoisotopic (exact) mass is 241 g/mol. The molecule has 1 saturated heterocycles. The van der Waals surface area contributed by atoms with Crippen LogP contribution in [0.25, 0.3) is 0 Å². The third-order valence-electron chi connectivity index (χ3n) is 3.63. The van der Waals surface area contributed by atoms with Crippen molar-refractivity contribution in [2.75, 3.05) is 40.3 Å². The normalized spacial score (nSPS) is 23.4. The summed E-state index contributed by atoms with van der Waals surface area (Å²) in [5, 5.41) is 3.49. The zero-order valence-corrected chi connectivity index (χ0v) is 11.7. The van der Waals surface area contributed by atoms with Gasteiger partial charge in [-0.2, -0.15) is 0 Å². The highest BCUT2D eigenvalue weighted by molar-refractivity contribution is 5.77. The fourth-order valence-corrected chi connectivity index (χ4v) is 2.46. The molecule has 1 rings (SSSR count). The lowest BCUT2D eigenvalue weighted by atomic mass is 9.91. The molecule has 4 heteroatoms. The Labute approximate surface area is 105 Å². The second kappa shape index (κ2) is 6.97. The van der Waals surface area contributed by atoms with E-state index < -0.39 is 0 Å². The summed E-state index contributed by atoms with van der Waals surface area (Å²) in [5.74, 6) is 0.889. The Bertz CT molecular complexity index is 243. The first kappa shape index (κ1) is 14.5. The molecule has 1 N–H and O–H groups in total. The maximum atomic E-state index is 11.7. The second-order valence-electron chi connectivity index (χ2n) is 5.27. The number of likely N-dealkylation sites (tertiary alicyclic amines) is 1. The zero-order valence-electron chi connectivity index (χ0n) is 11.7. The van der Waals surface area contributed by atoms with Crippen LogP contribution >= 0.6 is 0 Å². The number of nitrogens with one attached hydrogen (secondary N) is 1. The molecule has 17 heavy (non-hydrogen) atoms. The molecule has 0 radical (unpaired) electrons. The van der Waals surface area contributed by atoms with Crippen LogP contribution < -0.4 is 5.32 Å². The van der Waals surface area contributed by atoms with E-state index in [9.17, 15) is 4.79 Å². The van der Waals surface area contributed by atoms with Gasteiger partial charge in [0.2, 0.25) is 5.91 Å². The second-order valence-corrected chi connectivity index (χ2v) is 5.27. The van der Waals surface area contributed by atoms with Crippen molar-refractivity contribution in [3.8, 4) is 0 Å². The molecule has 1 heterocycles. The molecule has 0 spiro atoms. The average Bonchev–Trinajstić information content (AvgIpc) is 2.29. The van der Waals surface area contributed by atoms with Gasteiger partial charge in [0, 0.05) is 26.7 Å². The molecule has 2 atom stereocenters. The Morgan fingerprint density at radius 3 is 2.82 bits per heavy atom. The van der Waals surface area contributed by atoms with E-state index in [-0.39, 0.29) is 5.91 Å². The fourth-order valence-electron chi connectivity index (χ4n) is 2.46. The van der Waals surface area contributed by atoms with Crippen LogP contribution in [-0.4, -0.2) is 62.0 Å². The predicted molar refractivity (Wildman–Crippen MR) is 71.0 cm³/mol. The standard InChI is InChI=1S/C13H27N3O/c1-5-14-11(2)12-7-6-8-16(9-12)10-13(17)15(3)4/h11-12,14H,5-10H2,1-4H3. The predicted octanol–water partition coefficient (Wildman–Crippen LogP) is 0.785. The van der Waals surface area contributed by atoms with Gasteiger partial charge in [0.15, 0.2) is 0 Å². The molecule has 4 nitrogen and oxygen atoms in total. The van der Waals surface area contributed by atoms with E-state index >= 15 is 0 Å². The third kappa shape index (κ3) is 4.64. The highest BCUT2D eigenvalue weighted by atomic mass is 16.2. The lowest BCUT2D eigenvalue weighted by molar-refractivity contribution is -0.130. The van der Waals surface area contributed by atoms with Crippen LogP contribution in [0.15, 0.2) is 0 Å². The molecule has 1 amide bonds. The number of piperidine rings is 1. The summed E-state index contributed by atoms with van der Waals surface area (Å²) in [6.45, 7) is 8.11. The quantitative estimate of drug-likeness (QED) is 0.773. The number of hydrogen-bond donors (Lipinski definition) is 1. The van der Waals surface area contributed by atoms with Gasteiger partial charge in [0.1, 0.15) is 0 Å². The lowest BCUT2D eigenvalue weighted by Crippen LogP contribution is -2.47. The van der Waals surface area contributed by atoms with E-state index in [4.69, 9.17) is 0 Å². The first-order valence-electron chi connectivity index (χ1n) is 6.70. The molecule has 0 bridgehead atoms. The number of carbonyl (C=O) groups excluding carboxylic acids is 1. The molecule has 0 saturated carbocycles. The number of amides is 1. The number of carbonyl (C=O) groups is 1. The van der Waals surface area contributed by atoms with Crippen LogP contribution in [0.5, 0.6) is 0 Å². The highest BCUT2D eigenvalue weighted by Gasteiger charge is 2.25. The number of hydrogen-bond acceptors (Lipinski definition) is 3. The van der Waals surface area contributed by atoms with Gasteiger partial charge in [-0.1, -0.05) is 6.92 Å². The summed E-state index contributed by atoms with van der Waals surface area (Å²) in [6, 6.07) is 0.553. The van der Waals surface area contributed by atoms with Crippen molar-refractivity contribution >= 4 is 5.91 Å². The van der Waals surface area contributed by atoms with Crippen LogP contribution in [0.4, 0.5) is 0 Å². The summed E-state index contributed by atoms with van der Waals surface area (Å²) < 4.78 is 0. The highest BCUT2D eigenvalue weighted by Crippen LogP contribution is 2.19. The zero-order chi connectivity index (χ0) is 12.8. The Kier molecular flexibility index (Phi) is 5.92. The molecule has 100 valence electrons. The van der Waals surface area contributed by atoms with Crippen LogP contribution in [0.3, 0.4) is 0 Å². The van der Waals surface area contributed by atoms with Crippen LogP contribution in [-0.2, 0) is 4.79 Å². The van der Waals surface area contributed by atoms with Gasteiger partial charge in [0.05, 0.1) is 6.54 Å². The largest absolute Gasteiger partial charge is 0.348 e. The minimum atomic E-state index is 0.210. The van der Waals surface area contributed by atoms with Crippen LogP contribution in [0.2, 0.25) is 0 Å². The van der Waals surface area contributed by atoms with Gasteiger partial charge < -0.3 is 10.2 Å². The molecule has 1 aliphatic rings. The molecular weight excluding hydrogens is 214 g/mol. The third-order valence-corrected chi connectivity index (χ3v) is 3.63. The van der Waals surface area contributed by atoms with Crippen LogP contribution in [0.1, 0.15) is 26.7 Å². The molecular formula is C13H27N3O. The van der Waals surface area contributed by atoms with Crippen LogP contribution in [0, 0.1) is 5.92 Å². The summed E-state index contributed by atoms with van der Waals surface area (Å²) in [5.41, 5.74) is 0. The SMILES string of the molecule is CCNC(C)C1CCCN(CC(=O)N(C)C)C1. The molecule has 0 aromatic heterocycles. The van der Waals surface area contributed by atoms with E-state index in [0.717, 1.165) is 19.6 Å². The van der Waals surface area contributed by atoms with Gasteiger partial charge in [-0.25, -0.2) is 0 Å². The molecule has 0 aliphatic carbocycles. The first-order valence-corrected chi connectivity index (χ1v) is 6.70. The maximum Gasteiger partial charge on any atom is 0.236 e. The van der Waals surface area contributed by atoms with Gasteiger partial charge in [-0.05, 0) is 38.8 Å². The Morgan fingerprint density at radius 1 is 1.53 bits per heavy atom. The minimum absolute atomic E-state index is 0.210. The molecule has 2 unspecified atom stereocenters. The van der Waals surface area contributed by atoms with Crippen molar-refractivity contribution in [1.29, 1.82) is 0 Å². The van der Waals surface area contributed by atoms with Gasteiger partial charge in [-0.3, -0.25) is 9.69 Å².